The van der Waals surface area contributed by atoms with Crippen LogP contribution in [0.1, 0.15) is 38.7 Å². The van der Waals surface area contributed by atoms with E-state index in [0.29, 0.717) is 5.92 Å². The molecule has 1 aliphatic rings. The lowest BCUT2D eigenvalue weighted by atomic mass is 10.0. The minimum Gasteiger partial charge on any atom is -0.481 e. The van der Waals surface area contributed by atoms with Crippen molar-refractivity contribution in [1.82, 2.24) is 10.2 Å². The molecule has 1 heterocycles. The second-order valence-electron chi connectivity index (χ2n) is 6.08. The third kappa shape index (κ3) is 4.62. The van der Waals surface area contributed by atoms with Crippen LogP contribution in [-0.2, 0) is 4.79 Å². The lowest BCUT2D eigenvalue weighted by Crippen LogP contribution is -2.44. The number of benzene rings is 1. The average Bonchev–Trinajstić information content (AvgIpc) is 3.00. The zero-order valence-electron chi connectivity index (χ0n) is 13.8. The molecule has 124 valence electrons. The summed E-state index contributed by atoms with van der Waals surface area (Å²) >= 11 is 0. The lowest BCUT2D eigenvalue weighted by Gasteiger charge is -2.27. The van der Waals surface area contributed by atoms with Gasteiger partial charge in [-0.05, 0) is 43.5 Å². The van der Waals surface area contributed by atoms with E-state index in [1.165, 1.54) is 5.56 Å². The van der Waals surface area contributed by atoms with Crippen molar-refractivity contribution in [3.8, 4) is 5.75 Å². The molecule has 0 bridgehead atoms. The van der Waals surface area contributed by atoms with Crippen molar-refractivity contribution in [2.24, 2.45) is 0 Å². The molecule has 1 N–H and O–H groups in total. The van der Waals surface area contributed by atoms with E-state index >= 15 is 0 Å². The van der Waals surface area contributed by atoms with E-state index in [1.54, 1.807) is 0 Å². The molecule has 2 unspecified atom stereocenters. The van der Waals surface area contributed by atoms with Gasteiger partial charge in [-0.1, -0.05) is 26.0 Å². The second kappa shape index (κ2) is 8.39. The van der Waals surface area contributed by atoms with E-state index in [4.69, 9.17) is 4.74 Å². The number of nitrogens with one attached hydrogen (secondary N) is 1. The topological polar surface area (TPSA) is 41.6 Å². The molecule has 0 aromatic heterocycles. The summed E-state index contributed by atoms with van der Waals surface area (Å²) in [6.45, 7) is 7.97. The van der Waals surface area contributed by atoms with Crippen molar-refractivity contribution in [2.75, 3.05) is 20.1 Å². The molecule has 0 radical (unpaired) electrons. The van der Waals surface area contributed by atoms with E-state index in [9.17, 15) is 4.79 Å². The van der Waals surface area contributed by atoms with Crippen LogP contribution in [0, 0.1) is 0 Å². The molecule has 0 saturated carbocycles. The minimum atomic E-state index is -0.460. The van der Waals surface area contributed by atoms with E-state index in [0.717, 1.165) is 25.3 Å². The Bertz CT molecular complexity index is 487. The van der Waals surface area contributed by atoms with Gasteiger partial charge in [0.2, 0.25) is 0 Å². The zero-order chi connectivity index (χ0) is 15.4. The molecule has 5 heteroatoms. The predicted molar refractivity (Wildman–Crippen MR) is 91.9 cm³/mol. The van der Waals surface area contributed by atoms with Crippen molar-refractivity contribution in [1.29, 1.82) is 0 Å². The molecule has 2 rings (SSSR count). The maximum absolute atomic E-state index is 12.4. The van der Waals surface area contributed by atoms with Crippen LogP contribution < -0.4 is 10.1 Å². The first-order valence-electron chi connectivity index (χ1n) is 7.73. The first-order chi connectivity index (χ1) is 9.99. The van der Waals surface area contributed by atoms with Crippen LogP contribution in [0.25, 0.3) is 0 Å². The lowest BCUT2D eigenvalue weighted by molar-refractivity contribution is -0.138. The molecule has 22 heavy (non-hydrogen) atoms. The van der Waals surface area contributed by atoms with E-state index in [1.807, 2.05) is 37.1 Å². The van der Waals surface area contributed by atoms with Gasteiger partial charge in [0.15, 0.2) is 6.10 Å². The average molecular weight is 327 g/mol. The van der Waals surface area contributed by atoms with Gasteiger partial charge in [-0.25, -0.2) is 0 Å². The summed E-state index contributed by atoms with van der Waals surface area (Å²) in [6.07, 6.45) is 0.552. The monoisotopic (exact) mass is 326 g/mol. The van der Waals surface area contributed by atoms with Crippen LogP contribution in [0.2, 0.25) is 0 Å². The molecule has 0 spiro atoms. The molecular formula is C17H27ClN2O2. The van der Waals surface area contributed by atoms with Gasteiger partial charge in [0.25, 0.3) is 5.91 Å². The smallest absolute Gasteiger partial charge is 0.263 e. The van der Waals surface area contributed by atoms with Gasteiger partial charge >= 0.3 is 0 Å². The fourth-order valence-electron chi connectivity index (χ4n) is 2.64. The fraction of sp³-hybridized carbons (Fsp3) is 0.588. The SMILES string of the molecule is CC(Oc1cccc(C(C)C)c1)C(=O)N(C)C1CCNC1.Cl. The Labute approximate surface area is 139 Å². The Morgan fingerprint density at radius 3 is 2.68 bits per heavy atom. The highest BCUT2D eigenvalue weighted by Gasteiger charge is 2.27. The quantitative estimate of drug-likeness (QED) is 0.904. The summed E-state index contributed by atoms with van der Waals surface area (Å²) < 4.78 is 5.84. The fourth-order valence-corrected chi connectivity index (χ4v) is 2.64. The van der Waals surface area contributed by atoms with Gasteiger partial charge in [-0.2, -0.15) is 0 Å². The van der Waals surface area contributed by atoms with Crippen molar-refractivity contribution in [2.45, 2.75) is 45.3 Å². The molecule has 1 saturated heterocycles. The standard InChI is InChI=1S/C17H26N2O2.ClH/c1-12(2)14-6-5-7-16(10-14)21-13(3)17(20)19(4)15-8-9-18-11-15;/h5-7,10,12-13,15,18H,8-9,11H2,1-4H3;1H. The Hall–Kier alpha value is -1.26. The van der Waals surface area contributed by atoms with Crippen molar-refractivity contribution in [3.05, 3.63) is 29.8 Å². The van der Waals surface area contributed by atoms with Gasteiger partial charge in [0.05, 0.1) is 0 Å². The van der Waals surface area contributed by atoms with Crippen LogP contribution in [-0.4, -0.2) is 43.1 Å². The van der Waals surface area contributed by atoms with Crippen LogP contribution in [0.5, 0.6) is 5.75 Å². The van der Waals surface area contributed by atoms with Crippen LogP contribution in [0.15, 0.2) is 24.3 Å². The van der Waals surface area contributed by atoms with Crippen molar-refractivity contribution in [3.63, 3.8) is 0 Å². The maximum atomic E-state index is 12.4. The summed E-state index contributed by atoms with van der Waals surface area (Å²) in [5.74, 6) is 1.26. The molecule has 2 atom stereocenters. The first-order valence-corrected chi connectivity index (χ1v) is 7.73. The minimum absolute atomic E-state index is 0. The van der Waals surface area contributed by atoms with Gasteiger partial charge in [-0.15, -0.1) is 12.4 Å². The number of carbonyl (C=O) groups is 1. The molecule has 1 aromatic carbocycles. The predicted octanol–water partition coefficient (Wildman–Crippen LogP) is 2.82. The Balaban J connectivity index is 0.00000242. The molecule has 0 aliphatic carbocycles. The third-order valence-corrected chi connectivity index (χ3v) is 4.12. The maximum Gasteiger partial charge on any atom is 0.263 e. The first kappa shape index (κ1) is 18.8. The highest BCUT2D eigenvalue weighted by atomic mass is 35.5. The van der Waals surface area contributed by atoms with E-state index in [-0.39, 0.29) is 24.4 Å². The number of ether oxygens (including phenoxy) is 1. The highest BCUT2D eigenvalue weighted by Crippen LogP contribution is 2.21. The van der Waals surface area contributed by atoms with Gasteiger partial charge in [0.1, 0.15) is 5.75 Å². The van der Waals surface area contributed by atoms with Gasteiger partial charge in [-0.3, -0.25) is 4.79 Å². The summed E-state index contributed by atoms with van der Waals surface area (Å²) in [7, 11) is 1.87. The number of halogens is 1. The van der Waals surface area contributed by atoms with Gasteiger partial charge in [0, 0.05) is 19.6 Å². The molecular weight excluding hydrogens is 300 g/mol. The summed E-state index contributed by atoms with van der Waals surface area (Å²) in [6, 6.07) is 8.27. The second-order valence-corrected chi connectivity index (χ2v) is 6.08. The summed E-state index contributed by atoms with van der Waals surface area (Å²) in [5.41, 5.74) is 1.22. The number of carbonyl (C=O) groups excluding carboxylic acids is 1. The van der Waals surface area contributed by atoms with Crippen LogP contribution >= 0.6 is 12.4 Å². The Morgan fingerprint density at radius 2 is 2.09 bits per heavy atom. The zero-order valence-corrected chi connectivity index (χ0v) is 14.7. The Kier molecular flexibility index (Phi) is 7.17. The van der Waals surface area contributed by atoms with Crippen LogP contribution in [0.3, 0.4) is 0 Å². The molecule has 1 aliphatic heterocycles. The van der Waals surface area contributed by atoms with Gasteiger partial charge < -0.3 is 15.0 Å². The summed E-state index contributed by atoms with van der Waals surface area (Å²) in [5, 5.41) is 3.28. The molecule has 1 amide bonds. The summed E-state index contributed by atoms with van der Waals surface area (Å²) in [4.78, 5) is 14.2. The van der Waals surface area contributed by atoms with Crippen molar-refractivity contribution >= 4 is 18.3 Å². The highest BCUT2D eigenvalue weighted by molar-refractivity contribution is 5.85. The molecule has 1 fully saturated rings. The largest absolute Gasteiger partial charge is 0.481 e. The number of amides is 1. The normalized spacial score (nSPS) is 18.7. The number of hydrogen-bond acceptors (Lipinski definition) is 3. The number of nitrogens with zero attached hydrogens (tertiary/aromatic N) is 1. The molecule has 4 nitrogen and oxygen atoms in total. The van der Waals surface area contributed by atoms with E-state index < -0.39 is 6.10 Å². The Morgan fingerprint density at radius 1 is 1.36 bits per heavy atom. The van der Waals surface area contributed by atoms with E-state index in [2.05, 4.69) is 25.2 Å². The third-order valence-electron chi connectivity index (χ3n) is 4.12. The molecule has 1 aromatic rings. The number of hydrogen-bond donors (Lipinski definition) is 1. The number of likely N-dealkylation sites (N-methyl/N-ethyl adjacent to an activating group) is 1. The number of rotatable bonds is 5. The van der Waals surface area contributed by atoms with Crippen LogP contribution in [0.4, 0.5) is 0 Å². The van der Waals surface area contributed by atoms with Crippen molar-refractivity contribution < 1.29 is 9.53 Å².